The normalized spacial score (nSPS) is 14.9. The zero-order valence-corrected chi connectivity index (χ0v) is 19.0. The molecule has 176 valence electrons. The predicted molar refractivity (Wildman–Crippen MR) is 123 cm³/mol. The summed E-state index contributed by atoms with van der Waals surface area (Å²) < 4.78 is 34.4. The van der Waals surface area contributed by atoms with E-state index in [1.807, 2.05) is 13.8 Å². The van der Waals surface area contributed by atoms with E-state index in [1.165, 1.54) is 30.6 Å². The Morgan fingerprint density at radius 3 is 2.59 bits per heavy atom. The molecule has 0 radical (unpaired) electrons. The Morgan fingerprint density at radius 1 is 1.12 bits per heavy atom. The first-order chi connectivity index (χ1) is 16.4. The first-order valence-corrected chi connectivity index (χ1v) is 11.4. The van der Waals surface area contributed by atoms with Crippen molar-refractivity contribution < 1.29 is 18.4 Å². The monoisotopic (exact) mass is 465 g/mol. The summed E-state index contributed by atoms with van der Waals surface area (Å²) in [6, 6.07) is 7.22. The predicted octanol–water partition coefficient (Wildman–Crippen LogP) is 4.96. The van der Waals surface area contributed by atoms with Crippen LogP contribution in [0.1, 0.15) is 55.8 Å². The number of aliphatic hydroxyl groups excluding tert-OH is 1. The Labute approximate surface area is 195 Å². The molecule has 9 heteroatoms. The van der Waals surface area contributed by atoms with E-state index in [-0.39, 0.29) is 17.4 Å². The van der Waals surface area contributed by atoms with Crippen LogP contribution in [-0.4, -0.2) is 38.3 Å². The van der Waals surface area contributed by atoms with Gasteiger partial charge in [0.05, 0.1) is 12.1 Å². The van der Waals surface area contributed by atoms with Crippen LogP contribution in [0.25, 0.3) is 22.0 Å². The van der Waals surface area contributed by atoms with Gasteiger partial charge in [-0.3, -0.25) is 0 Å². The molecule has 1 saturated heterocycles. The molecule has 1 N–H and O–H groups in total. The highest BCUT2D eigenvalue weighted by molar-refractivity contribution is 5.99. The molecular formula is C25H25F2N5O2. The largest absolute Gasteiger partial charge is 0.392 e. The Hall–Kier alpha value is -3.46. The highest BCUT2D eigenvalue weighted by Crippen LogP contribution is 2.36. The Morgan fingerprint density at radius 2 is 1.91 bits per heavy atom. The van der Waals surface area contributed by atoms with Crippen molar-refractivity contribution in [3.05, 3.63) is 65.6 Å². The molecule has 3 heterocycles. The molecule has 7 nitrogen and oxygen atoms in total. The summed E-state index contributed by atoms with van der Waals surface area (Å²) in [6.45, 7) is 5.04. The third-order valence-electron chi connectivity index (χ3n) is 6.33. The molecule has 0 bridgehead atoms. The van der Waals surface area contributed by atoms with Crippen LogP contribution in [0.5, 0.6) is 0 Å². The van der Waals surface area contributed by atoms with Crippen molar-refractivity contribution in [1.82, 2.24) is 20.1 Å². The van der Waals surface area contributed by atoms with Crippen molar-refractivity contribution in [3.8, 4) is 11.1 Å². The lowest BCUT2D eigenvalue weighted by molar-refractivity contribution is 0.276. The minimum Gasteiger partial charge on any atom is -0.392 e. The number of benzene rings is 2. The van der Waals surface area contributed by atoms with Crippen LogP contribution in [0.15, 0.2) is 41.2 Å². The van der Waals surface area contributed by atoms with Crippen molar-refractivity contribution in [2.75, 3.05) is 18.0 Å². The van der Waals surface area contributed by atoms with E-state index in [9.17, 15) is 13.9 Å². The van der Waals surface area contributed by atoms with Crippen molar-refractivity contribution in [2.24, 2.45) is 0 Å². The maximum absolute atomic E-state index is 14.7. The van der Waals surface area contributed by atoms with E-state index in [1.54, 1.807) is 6.07 Å². The summed E-state index contributed by atoms with van der Waals surface area (Å²) >= 11 is 0. The van der Waals surface area contributed by atoms with Crippen LogP contribution in [0.4, 0.5) is 14.6 Å². The second kappa shape index (κ2) is 9.06. The minimum atomic E-state index is -0.546. The van der Waals surface area contributed by atoms with Gasteiger partial charge in [0.2, 0.25) is 5.89 Å². The second-order valence-electron chi connectivity index (χ2n) is 8.92. The van der Waals surface area contributed by atoms with Crippen LogP contribution in [-0.2, 0) is 6.61 Å². The van der Waals surface area contributed by atoms with Crippen molar-refractivity contribution in [1.29, 1.82) is 0 Å². The maximum Gasteiger partial charge on any atom is 0.229 e. The fraction of sp³-hybridized carbons (Fsp3) is 0.360. The molecule has 0 amide bonds. The molecule has 34 heavy (non-hydrogen) atoms. The standard InChI is InChI=1S/C25H25F2N5O2/c1-14(2)25-30-23(31-34-25)15-5-7-32(8-6-15)24-20-11-18(26)10-19(22(20)28-13-29-24)16-3-4-17(12-33)21(27)9-16/h3-4,9-11,13-15,33H,5-8,12H2,1-2H3. The van der Waals surface area contributed by atoms with Gasteiger partial charge < -0.3 is 14.5 Å². The zero-order valence-electron chi connectivity index (χ0n) is 19.0. The quantitative estimate of drug-likeness (QED) is 0.446. The molecule has 0 unspecified atom stereocenters. The molecule has 0 spiro atoms. The van der Waals surface area contributed by atoms with Crippen LogP contribution >= 0.6 is 0 Å². The highest BCUT2D eigenvalue weighted by Gasteiger charge is 2.27. The van der Waals surface area contributed by atoms with Gasteiger partial charge in [0.15, 0.2) is 5.82 Å². The van der Waals surface area contributed by atoms with Crippen molar-refractivity contribution >= 4 is 16.7 Å². The topological polar surface area (TPSA) is 88.2 Å². The molecule has 0 atom stereocenters. The molecule has 2 aromatic heterocycles. The van der Waals surface area contributed by atoms with Crippen LogP contribution in [0, 0.1) is 11.6 Å². The summed E-state index contributed by atoms with van der Waals surface area (Å²) in [5, 5.41) is 14.0. The van der Waals surface area contributed by atoms with Gasteiger partial charge in [-0.1, -0.05) is 31.1 Å². The van der Waals surface area contributed by atoms with Gasteiger partial charge >= 0.3 is 0 Å². The van der Waals surface area contributed by atoms with Gasteiger partial charge in [0, 0.05) is 41.4 Å². The number of fused-ring (bicyclic) bond motifs is 1. The average Bonchev–Trinajstić information content (AvgIpc) is 3.34. The number of anilines is 1. The number of aromatic nitrogens is 4. The van der Waals surface area contributed by atoms with E-state index in [0.717, 1.165) is 18.7 Å². The van der Waals surface area contributed by atoms with E-state index < -0.39 is 18.2 Å². The van der Waals surface area contributed by atoms with Crippen molar-refractivity contribution in [3.63, 3.8) is 0 Å². The van der Waals surface area contributed by atoms with Gasteiger partial charge in [0.25, 0.3) is 0 Å². The lowest BCUT2D eigenvalue weighted by Gasteiger charge is -2.32. The van der Waals surface area contributed by atoms with Crippen LogP contribution in [0.2, 0.25) is 0 Å². The fourth-order valence-electron chi connectivity index (χ4n) is 4.43. The molecule has 4 aromatic rings. The maximum atomic E-state index is 14.7. The summed E-state index contributed by atoms with van der Waals surface area (Å²) in [4.78, 5) is 15.5. The summed E-state index contributed by atoms with van der Waals surface area (Å²) in [5.74, 6) is 1.41. The minimum absolute atomic E-state index is 0.185. The van der Waals surface area contributed by atoms with Gasteiger partial charge in [-0.15, -0.1) is 0 Å². The Balaban J connectivity index is 1.45. The molecule has 5 rings (SSSR count). The van der Waals surface area contributed by atoms with E-state index >= 15 is 0 Å². The number of nitrogens with zero attached hydrogens (tertiary/aromatic N) is 5. The van der Waals surface area contributed by atoms with Crippen molar-refractivity contribution in [2.45, 2.75) is 45.1 Å². The van der Waals surface area contributed by atoms with E-state index in [2.05, 4.69) is 25.0 Å². The summed E-state index contributed by atoms with van der Waals surface area (Å²) in [5.41, 5.74) is 1.69. The molecular weight excluding hydrogens is 440 g/mol. The fourth-order valence-corrected chi connectivity index (χ4v) is 4.43. The van der Waals surface area contributed by atoms with Gasteiger partial charge in [-0.2, -0.15) is 4.98 Å². The summed E-state index contributed by atoms with van der Waals surface area (Å²) in [7, 11) is 0. The lowest BCUT2D eigenvalue weighted by atomic mass is 9.95. The van der Waals surface area contributed by atoms with E-state index in [4.69, 9.17) is 4.52 Å². The average molecular weight is 466 g/mol. The molecule has 2 aromatic carbocycles. The van der Waals surface area contributed by atoms with Gasteiger partial charge in [-0.05, 0) is 36.6 Å². The third-order valence-corrected chi connectivity index (χ3v) is 6.33. The van der Waals surface area contributed by atoms with Crippen LogP contribution < -0.4 is 4.90 Å². The first-order valence-electron chi connectivity index (χ1n) is 11.4. The molecule has 1 aliphatic rings. The lowest BCUT2D eigenvalue weighted by Crippen LogP contribution is -2.34. The Kier molecular flexibility index (Phi) is 5.95. The number of hydrogen-bond acceptors (Lipinski definition) is 7. The number of piperidine rings is 1. The third kappa shape index (κ3) is 4.11. The Bertz CT molecular complexity index is 1330. The molecule has 1 fully saturated rings. The van der Waals surface area contributed by atoms with Gasteiger partial charge in [0.1, 0.15) is 23.8 Å². The molecule has 0 aliphatic carbocycles. The first kappa shape index (κ1) is 22.3. The number of aliphatic hydroxyl groups is 1. The number of halogens is 2. The smallest absolute Gasteiger partial charge is 0.229 e. The molecule has 0 saturated carbocycles. The summed E-state index contributed by atoms with van der Waals surface area (Å²) in [6.07, 6.45) is 3.09. The number of rotatable bonds is 5. The van der Waals surface area contributed by atoms with Crippen LogP contribution in [0.3, 0.4) is 0 Å². The highest BCUT2D eigenvalue weighted by atomic mass is 19.1. The molecule has 1 aliphatic heterocycles. The zero-order chi connectivity index (χ0) is 23.8. The number of hydrogen-bond donors (Lipinski definition) is 1. The van der Waals surface area contributed by atoms with Gasteiger partial charge in [-0.25, -0.2) is 18.7 Å². The SMILES string of the molecule is CC(C)c1nc(C2CCN(c3ncnc4c(-c5ccc(CO)c(F)c5)cc(F)cc34)CC2)no1. The second-order valence-corrected chi connectivity index (χ2v) is 8.92. The van der Waals surface area contributed by atoms with E-state index in [0.29, 0.717) is 46.8 Å².